The first-order valence-corrected chi connectivity index (χ1v) is 9.30. The van der Waals surface area contributed by atoms with E-state index in [2.05, 4.69) is 21.2 Å². The normalized spacial score (nSPS) is 10.6. The number of oxazole rings is 1. The first-order valence-electron chi connectivity index (χ1n) is 8.52. The minimum Gasteiger partial charge on any atom is -0.441 e. The number of nitrogens with zero attached hydrogens (tertiary/aromatic N) is 1. The number of nitrogens with one attached hydrogen (secondary N) is 3. The second kappa shape index (κ2) is 9.34. The van der Waals surface area contributed by atoms with E-state index in [0.29, 0.717) is 29.0 Å². The maximum Gasteiger partial charge on any atom is 0.238 e. The molecule has 140 valence electrons. The van der Waals surface area contributed by atoms with Crippen LogP contribution in [0.3, 0.4) is 0 Å². The summed E-state index contributed by atoms with van der Waals surface area (Å²) >= 11 is 11.0. The van der Waals surface area contributed by atoms with Crippen LogP contribution in [0.2, 0.25) is 5.02 Å². The van der Waals surface area contributed by atoms with Gasteiger partial charge < -0.3 is 9.73 Å². The van der Waals surface area contributed by atoms with Crippen molar-refractivity contribution in [2.45, 2.75) is 19.3 Å². The molecule has 3 N–H and O–H groups in total. The highest BCUT2D eigenvalue weighted by Crippen LogP contribution is 2.15. The van der Waals surface area contributed by atoms with E-state index in [-0.39, 0.29) is 12.3 Å². The van der Waals surface area contributed by atoms with Crippen LogP contribution in [0.15, 0.2) is 52.9 Å². The molecule has 27 heavy (non-hydrogen) atoms. The van der Waals surface area contributed by atoms with Gasteiger partial charge in [0, 0.05) is 24.4 Å². The molecule has 0 atom stereocenters. The molecular formula is C19H19ClN4O2S. The van der Waals surface area contributed by atoms with Crippen LogP contribution in [-0.2, 0) is 17.6 Å². The molecular weight excluding hydrogens is 384 g/mol. The Morgan fingerprint density at radius 3 is 2.63 bits per heavy atom. The molecule has 6 nitrogen and oxygen atoms in total. The fourth-order valence-electron chi connectivity index (χ4n) is 2.45. The van der Waals surface area contributed by atoms with E-state index in [1.807, 2.05) is 48.5 Å². The number of para-hydroxylation sites is 2. The van der Waals surface area contributed by atoms with E-state index < -0.39 is 0 Å². The van der Waals surface area contributed by atoms with Crippen LogP contribution < -0.4 is 16.2 Å². The molecule has 0 aliphatic rings. The number of aryl methyl sites for hydroxylation is 1. The van der Waals surface area contributed by atoms with Gasteiger partial charge in [-0.1, -0.05) is 35.9 Å². The van der Waals surface area contributed by atoms with Crippen molar-refractivity contribution in [2.75, 3.05) is 6.54 Å². The minimum absolute atomic E-state index is 0.195. The second-order valence-electron chi connectivity index (χ2n) is 5.88. The minimum atomic E-state index is -0.195. The quantitative estimate of drug-likeness (QED) is 0.434. The third-order valence-electron chi connectivity index (χ3n) is 3.83. The van der Waals surface area contributed by atoms with Crippen LogP contribution in [0.4, 0.5) is 0 Å². The topological polar surface area (TPSA) is 79.2 Å². The largest absolute Gasteiger partial charge is 0.441 e. The molecule has 1 amide bonds. The van der Waals surface area contributed by atoms with Gasteiger partial charge in [0.05, 0.1) is 0 Å². The first kappa shape index (κ1) is 19.1. The van der Waals surface area contributed by atoms with Crippen LogP contribution in [-0.4, -0.2) is 22.5 Å². The number of carbonyl (C=O) groups is 1. The van der Waals surface area contributed by atoms with Crippen LogP contribution >= 0.6 is 23.8 Å². The second-order valence-corrected chi connectivity index (χ2v) is 6.73. The molecule has 8 heteroatoms. The van der Waals surface area contributed by atoms with Crippen molar-refractivity contribution in [3.63, 3.8) is 0 Å². The lowest BCUT2D eigenvalue weighted by atomic mass is 10.1. The maximum absolute atomic E-state index is 11.9. The number of hydrazine groups is 1. The monoisotopic (exact) mass is 402 g/mol. The Bertz CT molecular complexity index is 894. The predicted molar refractivity (Wildman–Crippen MR) is 109 cm³/mol. The van der Waals surface area contributed by atoms with E-state index in [4.69, 9.17) is 28.2 Å². The molecule has 0 unspecified atom stereocenters. The number of rotatable bonds is 6. The van der Waals surface area contributed by atoms with E-state index in [1.54, 1.807) is 0 Å². The van der Waals surface area contributed by atoms with Crippen molar-refractivity contribution in [3.8, 4) is 0 Å². The van der Waals surface area contributed by atoms with Crippen molar-refractivity contribution in [2.24, 2.45) is 0 Å². The Hall–Kier alpha value is -2.64. The maximum atomic E-state index is 11.9. The van der Waals surface area contributed by atoms with Gasteiger partial charge in [0.15, 0.2) is 16.6 Å². The molecule has 0 bridgehead atoms. The SMILES string of the molecule is O=C(CCc1nc2ccccc2o1)NNC(=S)NCCc1ccc(Cl)cc1. The van der Waals surface area contributed by atoms with Gasteiger partial charge in [0.2, 0.25) is 5.91 Å². The summed E-state index contributed by atoms with van der Waals surface area (Å²) in [7, 11) is 0. The van der Waals surface area contributed by atoms with Gasteiger partial charge >= 0.3 is 0 Å². The summed E-state index contributed by atoms with van der Waals surface area (Å²) in [6, 6.07) is 15.1. The summed E-state index contributed by atoms with van der Waals surface area (Å²) in [6.07, 6.45) is 1.46. The Morgan fingerprint density at radius 2 is 1.85 bits per heavy atom. The summed E-state index contributed by atoms with van der Waals surface area (Å²) < 4.78 is 5.59. The molecule has 1 aromatic heterocycles. The number of hydrogen-bond donors (Lipinski definition) is 3. The van der Waals surface area contributed by atoms with Gasteiger partial charge in [0.1, 0.15) is 5.52 Å². The lowest BCUT2D eigenvalue weighted by molar-refractivity contribution is -0.121. The molecule has 2 aromatic carbocycles. The van der Waals surface area contributed by atoms with Crippen LogP contribution in [0.25, 0.3) is 11.1 Å². The molecule has 1 heterocycles. The molecule has 3 aromatic rings. The van der Waals surface area contributed by atoms with Crippen LogP contribution in [0, 0.1) is 0 Å². The fourth-order valence-corrected chi connectivity index (χ4v) is 2.73. The molecule has 0 fully saturated rings. The molecule has 0 spiro atoms. The van der Waals surface area contributed by atoms with Gasteiger partial charge in [-0.2, -0.15) is 0 Å². The smallest absolute Gasteiger partial charge is 0.238 e. The molecule has 0 aliphatic heterocycles. The molecule has 0 radical (unpaired) electrons. The molecule has 0 saturated heterocycles. The number of halogens is 1. The van der Waals surface area contributed by atoms with Gasteiger partial charge in [-0.25, -0.2) is 4.98 Å². The van der Waals surface area contributed by atoms with E-state index in [9.17, 15) is 4.79 Å². The Morgan fingerprint density at radius 1 is 1.07 bits per heavy atom. The number of carbonyl (C=O) groups excluding carboxylic acids is 1. The highest BCUT2D eigenvalue weighted by molar-refractivity contribution is 7.80. The van der Waals surface area contributed by atoms with Gasteiger partial charge in [-0.3, -0.25) is 15.6 Å². The summed E-state index contributed by atoms with van der Waals surface area (Å²) in [5.41, 5.74) is 7.91. The van der Waals surface area contributed by atoms with Crippen LogP contribution in [0.5, 0.6) is 0 Å². The third-order valence-corrected chi connectivity index (χ3v) is 4.33. The number of aromatic nitrogens is 1. The van der Waals surface area contributed by atoms with Gasteiger partial charge in [-0.05, 0) is 48.5 Å². The summed E-state index contributed by atoms with van der Waals surface area (Å²) in [6.45, 7) is 0.645. The number of amides is 1. The fraction of sp³-hybridized carbons (Fsp3) is 0.211. The zero-order valence-corrected chi connectivity index (χ0v) is 16.1. The van der Waals surface area contributed by atoms with Crippen molar-refractivity contribution in [1.29, 1.82) is 0 Å². The van der Waals surface area contributed by atoms with Gasteiger partial charge in [-0.15, -0.1) is 0 Å². The lowest BCUT2D eigenvalue weighted by Crippen LogP contribution is -2.47. The van der Waals surface area contributed by atoms with Crippen molar-refractivity contribution < 1.29 is 9.21 Å². The number of fused-ring (bicyclic) bond motifs is 1. The van der Waals surface area contributed by atoms with Crippen molar-refractivity contribution >= 4 is 45.9 Å². The Kier molecular flexibility index (Phi) is 6.62. The highest BCUT2D eigenvalue weighted by Gasteiger charge is 2.08. The molecule has 0 saturated carbocycles. The summed E-state index contributed by atoms with van der Waals surface area (Å²) in [4.78, 5) is 16.3. The van der Waals surface area contributed by atoms with E-state index in [0.717, 1.165) is 23.1 Å². The summed E-state index contributed by atoms with van der Waals surface area (Å²) in [5, 5.41) is 4.11. The predicted octanol–water partition coefficient (Wildman–Crippen LogP) is 3.15. The number of benzene rings is 2. The zero-order valence-electron chi connectivity index (χ0n) is 14.5. The van der Waals surface area contributed by atoms with E-state index in [1.165, 1.54) is 0 Å². The zero-order chi connectivity index (χ0) is 19.1. The average molecular weight is 403 g/mol. The van der Waals surface area contributed by atoms with Crippen molar-refractivity contribution in [3.05, 3.63) is 65.0 Å². The van der Waals surface area contributed by atoms with Gasteiger partial charge in [0.25, 0.3) is 0 Å². The third kappa shape index (κ3) is 5.94. The Balaban J connectivity index is 1.33. The summed E-state index contributed by atoms with van der Waals surface area (Å²) in [5.74, 6) is 0.342. The van der Waals surface area contributed by atoms with Crippen LogP contribution in [0.1, 0.15) is 17.9 Å². The molecule has 3 rings (SSSR count). The first-order chi connectivity index (χ1) is 13.1. The lowest BCUT2D eigenvalue weighted by Gasteiger charge is -2.11. The average Bonchev–Trinajstić information content (AvgIpc) is 3.09. The number of hydrogen-bond acceptors (Lipinski definition) is 4. The van der Waals surface area contributed by atoms with E-state index >= 15 is 0 Å². The Labute approximate surface area is 167 Å². The van der Waals surface area contributed by atoms with Crippen molar-refractivity contribution in [1.82, 2.24) is 21.2 Å². The number of thiocarbonyl (C=S) groups is 1. The standard InChI is InChI=1S/C19H19ClN4O2S/c20-14-7-5-13(6-8-14)11-12-21-19(27)24-23-17(25)9-10-18-22-15-3-1-2-4-16(15)26-18/h1-8H,9-12H2,(H,23,25)(H2,21,24,27). The highest BCUT2D eigenvalue weighted by atomic mass is 35.5. The molecule has 0 aliphatic carbocycles.